The molecule has 0 saturated heterocycles. The van der Waals surface area contributed by atoms with E-state index in [-0.39, 0.29) is 81.4 Å². The maximum atomic E-state index is 12.4. The Kier molecular flexibility index (Phi) is 11.7. The van der Waals surface area contributed by atoms with Crippen molar-refractivity contribution in [3.05, 3.63) is 115 Å². The van der Waals surface area contributed by atoms with E-state index in [2.05, 4.69) is 25.8 Å². The topological polar surface area (TPSA) is 153 Å². The van der Waals surface area contributed by atoms with Gasteiger partial charge in [-0.15, -0.1) is 5.11 Å². The number of amides is 1. The van der Waals surface area contributed by atoms with Crippen LogP contribution in [0.2, 0.25) is 0 Å². The monoisotopic (exact) mass is 599 g/mol. The summed E-state index contributed by atoms with van der Waals surface area (Å²) >= 11 is 0. The number of carbonyl (C=O) groups excluding carboxylic acids is 1. The van der Waals surface area contributed by atoms with Crippen LogP contribution in [-0.2, 0) is 10.1 Å². The van der Waals surface area contributed by atoms with Gasteiger partial charge >= 0.3 is 59.1 Å². The molecule has 5 aromatic rings. The molecule has 1 amide bonds. The normalized spacial score (nSPS) is 11.3. The molecule has 0 fully saturated rings. The molecule has 3 N–H and O–H groups in total. The fourth-order valence-electron chi connectivity index (χ4n) is 3.75. The summed E-state index contributed by atoms with van der Waals surface area (Å²) in [4.78, 5) is 12.2. The van der Waals surface area contributed by atoms with Crippen molar-refractivity contribution in [3.8, 4) is 5.75 Å². The van der Waals surface area contributed by atoms with Crippen molar-refractivity contribution in [2.45, 2.75) is 4.90 Å². The number of nitrogens with one attached hydrogen (secondary N) is 1. The molecule has 0 aromatic heterocycles. The Labute approximate surface area is 286 Å². The van der Waals surface area contributed by atoms with Gasteiger partial charge in [0.05, 0.1) is 22.0 Å². The first kappa shape index (κ1) is 33.2. The Morgan fingerprint density at radius 1 is 0.667 bits per heavy atom. The summed E-state index contributed by atoms with van der Waals surface area (Å²) in [7, 11) is -4.27. The first-order valence-electron chi connectivity index (χ1n) is 11.9. The molecule has 0 heterocycles. The molecular weight excluding hydrogens is 576 g/mol. The number of anilines is 1. The summed E-state index contributed by atoms with van der Waals surface area (Å²) in [6.45, 7) is 0. The van der Waals surface area contributed by atoms with Crippen molar-refractivity contribution in [1.29, 1.82) is 0 Å². The van der Waals surface area contributed by atoms with Gasteiger partial charge in [-0.05, 0) is 90.3 Å². The molecule has 0 saturated carbocycles. The van der Waals surface area contributed by atoms with Crippen LogP contribution in [0, 0.1) is 0 Å². The standard InChI is InChI=1S/C29H21N5O5S.2Na.2H/c35-28-26-16-13-24(30-29(36)19-4-2-1-3-5-19)18-20(26)6-17-27(28)34-33-22-9-7-21(8-10-22)31-32-23-11-14-25(15-12-23)40(37,38)39;;;;/h1-18,35H,(H,30,36)(H,37,38,39);;;;. The first-order valence-corrected chi connectivity index (χ1v) is 13.3. The average Bonchev–Trinajstić information content (AvgIpc) is 2.96. The Hall–Kier alpha value is -3.26. The Morgan fingerprint density at radius 2 is 1.21 bits per heavy atom. The predicted octanol–water partition coefficient (Wildman–Crippen LogP) is 6.58. The van der Waals surface area contributed by atoms with E-state index in [4.69, 9.17) is 4.55 Å². The van der Waals surface area contributed by atoms with Gasteiger partial charge in [0.15, 0.2) is 5.75 Å². The van der Waals surface area contributed by atoms with E-state index in [1.54, 1.807) is 78.9 Å². The van der Waals surface area contributed by atoms with E-state index in [1.165, 1.54) is 24.3 Å². The van der Waals surface area contributed by atoms with Gasteiger partial charge in [0.2, 0.25) is 0 Å². The van der Waals surface area contributed by atoms with Crippen LogP contribution in [0.5, 0.6) is 5.75 Å². The number of azo groups is 2. The van der Waals surface area contributed by atoms with Crippen LogP contribution in [0.3, 0.4) is 0 Å². The van der Waals surface area contributed by atoms with Crippen LogP contribution in [0.25, 0.3) is 10.8 Å². The molecule has 5 rings (SSSR count). The molecule has 0 radical (unpaired) electrons. The van der Waals surface area contributed by atoms with E-state index in [9.17, 15) is 18.3 Å². The van der Waals surface area contributed by atoms with Crippen molar-refractivity contribution < 1.29 is 22.9 Å². The number of hydrogen-bond acceptors (Lipinski definition) is 8. The molecule has 202 valence electrons. The molecular formula is C29H23N5Na2O5S. The van der Waals surface area contributed by atoms with Crippen molar-refractivity contribution >= 4 is 114 Å². The Bertz CT molecular complexity index is 1870. The van der Waals surface area contributed by atoms with Gasteiger partial charge in [-0.1, -0.05) is 24.3 Å². The molecule has 0 unspecified atom stereocenters. The number of phenolic OH excluding ortho intramolecular Hbond substituents is 1. The van der Waals surface area contributed by atoms with Crippen molar-refractivity contribution in [2.24, 2.45) is 20.5 Å². The second-order valence-electron chi connectivity index (χ2n) is 8.57. The van der Waals surface area contributed by atoms with Gasteiger partial charge in [0.25, 0.3) is 16.0 Å². The third kappa shape index (κ3) is 8.40. The molecule has 13 heteroatoms. The van der Waals surface area contributed by atoms with Crippen LogP contribution < -0.4 is 5.32 Å². The number of carbonyl (C=O) groups is 1. The predicted molar refractivity (Wildman–Crippen MR) is 165 cm³/mol. The van der Waals surface area contributed by atoms with Gasteiger partial charge in [0, 0.05) is 16.6 Å². The zero-order valence-corrected chi connectivity index (χ0v) is 21.5. The number of nitrogens with zero attached hydrogens (tertiary/aromatic N) is 4. The van der Waals surface area contributed by atoms with Crippen LogP contribution in [-0.4, -0.2) is 83.1 Å². The minimum absolute atomic E-state index is 0. The molecule has 42 heavy (non-hydrogen) atoms. The van der Waals surface area contributed by atoms with E-state index in [0.717, 1.165) is 5.39 Å². The summed E-state index contributed by atoms with van der Waals surface area (Å²) in [6.07, 6.45) is 0. The van der Waals surface area contributed by atoms with E-state index in [0.29, 0.717) is 33.7 Å². The zero-order valence-electron chi connectivity index (χ0n) is 20.7. The summed E-state index contributed by atoms with van der Waals surface area (Å²) < 4.78 is 31.3. The van der Waals surface area contributed by atoms with Crippen LogP contribution in [0.4, 0.5) is 28.4 Å². The number of benzene rings is 5. The van der Waals surface area contributed by atoms with Gasteiger partial charge in [-0.25, -0.2) is 0 Å². The van der Waals surface area contributed by atoms with Gasteiger partial charge in [0.1, 0.15) is 5.69 Å². The zero-order chi connectivity index (χ0) is 28.1. The number of rotatable bonds is 7. The van der Waals surface area contributed by atoms with E-state index >= 15 is 0 Å². The molecule has 5 aromatic carbocycles. The van der Waals surface area contributed by atoms with Crippen molar-refractivity contribution in [3.63, 3.8) is 0 Å². The van der Waals surface area contributed by atoms with Crippen LogP contribution >= 0.6 is 0 Å². The first-order chi connectivity index (χ1) is 19.3. The summed E-state index contributed by atoms with van der Waals surface area (Å²) in [5, 5.41) is 31.4. The molecule has 0 aliphatic carbocycles. The van der Waals surface area contributed by atoms with Crippen LogP contribution in [0.1, 0.15) is 10.4 Å². The third-order valence-electron chi connectivity index (χ3n) is 5.80. The summed E-state index contributed by atoms with van der Waals surface area (Å²) in [6, 6.07) is 29.5. The minimum atomic E-state index is -4.27. The number of hydrogen-bond donors (Lipinski definition) is 3. The Balaban J connectivity index is 0.00000242. The molecule has 0 atom stereocenters. The van der Waals surface area contributed by atoms with Crippen molar-refractivity contribution in [2.75, 3.05) is 5.32 Å². The number of fused-ring (bicyclic) bond motifs is 1. The van der Waals surface area contributed by atoms with E-state index in [1.807, 2.05) is 6.07 Å². The SMILES string of the molecule is O=C(Nc1ccc2c(O)c(N=Nc3ccc(N=Nc4ccc(S(=O)(=O)O)cc4)cc3)ccc2c1)c1ccccc1.[NaH].[NaH]. The Morgan fingerprint density at radius 3 is 1.79 bits per heavy atom. The average molecular weight is 600 g/mol. The second-order valence-corrected chi connectivity index (χ2v) is 10.00. The maximum absolute atomic E-state index is 12.4. The summed E-state index contributed by atoms with van der Waals surface area (Å²) in [5.74, 6) is -0.260. The molecule has 0 spiro atoms. The van der Waals surface area contributed by atoms with Gasteiger partial charge in [-0.2, -0.15) is 23.8 Å². The third-order valence-corrected chi connectivity index (χ3v) is 6.67. The second kappa shape index (κ2) is 14.8. The quantitative estimate of drug-likeness (QED) is 0.110. The molecule has 0 bridgehead atoms. The number of aromatic hydroxyl groups is 1. The fourth-order valence-corrected chi connectivity index (χ4v) is 4.23. The fraction of sp³-hybridized carbons (Fsp3) is 0. The summed E-state index contributed by atoms with van der Waals surface area (Å²) in [5.41, 5.74) is 2.89. The van der Waals surface area contributed by atoms with Gasteiger partial charge < -0.3 is 10.4 Å². The van der Waals surface area contributed by atoms with Gasteiger partial charge in [-0.3, -0.25) is 9.35 Å². The molecule has 10 nitrogen and oxygen atoms in total. The van der Waals surface area contributed by atoms with Crippen LogP contribution in [0.15, 0.2) is 135 Å². The van der Waals surface area contributed by atoms with E-state index < -0.39 is 10.1 Å². The molecule has 0 aliphatic rings. The number of phenols is 1. The van der Waals surface area contributed by atoms with Crippen molar-refractivity contribution in [1.82, 2.24) is 0 Å². The molecule has 0 aliphatic heterocycles.